The zero-order chi connectivity index (χ0) is 23.8. The third-order valence-electron chi connectivity index (χ3n) is 5.18. The van der Waals surface area contributed by atoms with Gasteiger partial charge in [0, 0.05) is 32.0 Å². The Morgan fingerprint density at radius 1 is 1.03 bits per heavy atom. The van der Waals surface area contributed by atoms with Crippen molar-refractivity contribution in [3.05, 3.63) is 113 Å². The molecule has 1 amide bonds. The van der Waals surface area contributed by atoms with Crippen LogP contribution < -0.4 is 10.1 Å². The fraction of sp³-hybridized carbons (Fsp3) is 0.192. The first-order valence-corrected chi connectivity index (χ1v) is 10.8. The molecule has 4 rings (SSSR count). The maximum atomic E-state index is 13.4. The lowest BCUT2D eigenvalue weighted by Gasteiger charge is -2.21. The molecule has 0 aliphatic heterocycles. The van der Waals surface area contributed by atoms with Crippen molar-refractivity contribution in [3.8, 4) is 5.75 Å². The smallest absolute Gasteiger partial charge is 0.273 e. The zero-order valence-electron chi connectivity index (χ0n) is 18.8. The van der Waals surface area contributed by atoms with E-state index in [1.54, 1.807) is 31.6 Å². The second kappa shape index (κ2) is 11.2. The van der Waals surface area contributed by atoms with Gasteiger partial charge in [-0.3, -0.25) is 14.7 Å². The maximum absolute atomic E-state index is 13.4. The van der Waals surface area contributed by atoms with Crippen molar-refractivity contribution in [3.63, 3.8) is 0 Å². The number of ether oxygens (including phenoxy) is 1. The van der Waals surface area contributed by atoms with Gasteiger partial charge >= 0.3 is 0 Å². The van der Waals surface area contributed by atoms with Gasteiger partial charge in [0.1, 0.15) is 17.8 Å². The first-order valence-electron chi connectivity index (χ1n) is 10.8. The summed E-state index contributed by atoms with van der Waals surface area (Å²) in [6.45, 7) is 1.84. The number of aromatic nitrogens is 2. The Morgan fingerprint density at radius 2 is 1.82 bits per heavy atom. The van der Waals surface area contributed by atoms with Crippen molar-refractivity contribution in [2.75, 3.05) is 7.11 Å². The standard InChI is InChI=1S/C26H25FN4O3/c1-33-23-6-2-4-20(12-23)16-31(15-19-7-9-22(27)10-8-19)17-25-30-24(18-34-25)26(32)29-14-21-5-3-11-28-13-21/h2-13,18H,14-17H2,1H3,(H,29,32). The molecule has 0 radical (unpaired) electrons. The van der Waals surface area contributed by atoms with Crippen LogP contribution in [0, 0.1) is 5.82 Å². The van der Waals surface area contributed by atoms with E-state index < -0.39 is 0 Å². The highest BCUT2D eigenvalue weighted by Crippen LogP contribution is 2.18. The first kappa shape index (κ1) is 23.1. The van der Waals surface area contributed by atoms with Crippen LogP contribution in [0.4, 0.5) is 4.39 Å². The molecule has 0 saturated carbocycles. The van der Waals surface area contributed by atoms with Crippen molar-refractivity contribution in [1.29, 1.82) is 0 Å². The molecule has 0 saturated heterocycles. The van der Waals surface area contributed by atoms with Gasteiger partial charge in [-0.05, 0) is 47.0 Å². The fourth-order valence-corrected chi connectivity index (χ4v) is 3.50. The minimum Gasteiger partial charge on any atom is -0.497 e. The molecular formula is C26H25FN4O3. The molecular weight excluding hydrogens is 435 g/mol. The summed E-state index contributed by atoms with van der Waals surface area (Å²) < 4.78 is 24.3. The van der Waals surface area contributed by atoms with Crippen LogP contribution in [-0.4, -0.2) is 27.9 Å². The van der Waals surface area contributed by atoms with Crippen molar-refractivity contribution < 1.29 is 18.3 Å². The van der Waals surface area contributed by atoms with Gasteiger partial charge in [0.25, 0.3) is 5.91 Å². The lowest BCUT2D eigenvalue weighted by Crippen LogP contribution is -2.24. The highest BCUT2D eigenvalue weighted by Gasteiger charge is 2.16. The van der Waals surface area contributed by atoms with E-state index in [1.807, 2.05) is 36.4 Å². The van der Waals surface area contributed by atoms with Crippen molar-refractivity contribution >= 4 is 5.91 Å². The Morgan fingerprint density at radius 3 is 2.59 bits per heavy atom. The highest BCUT2D eigenvalue weighted by atomic mass is 19.1. The monoisotopic (exact) mass is 460 g/mol. The lowest BCUT2D eigenvalue weighted by atomic mass is 10.1. The number of benzene rings is 2. The second-order valence-electron chi connectivity index (χ2n) is 7.79. The Balaban J connectivity index is 1.45. The molecule has 0 atom stereocenters. The maximum Gasteiger partial charge on any atom is 0.273 e. The van der Waals surface area contributed by atoms with Crippen molar-refractivity contribution in [2.24, 2.45) is 0 Å². The van der Waals surface area contributed by atoms with E-state index >= 15 is 0 Å². The molecule has 0 fully saturated rings. The molecule has 1 N–H and O–H groups in total. The summed E-state index contributed by atoms with van der Waals surface area (Å²) >= 11 is 0. The zero-order valence-corrected chi connectivity index (χ0v) is 18.8. The number of amides is 1. The number of pyridine rings is 1. The minimum absolute atomic E-state index is 0.210. The van der Waals surface area contributed by atoms with Crippen LogP contribution in [0.25, 0.3) is 0 Å². The van der Waals surface area contributed by atoms with Gasteiger partial charge in [-0.15, -0.1) is 0 Å². The average Bonchev–Trinajstić information content (AvgIpc) is 3.33. The predicted octanol–water partition coefficient (Wildman–Crippen LogP) is 4.35. The third kappa shape index (κ3) is 6.49. The van der Waals surface area contributed by atoms with Gasteiger partial charge in [-0.1, -0.05) is 30.3 Å². The molecule has 7 nitrogen and oxygen atoms in total. The topological polar surface area (TPSA) is 80.5 Å². The van der Waals surface area contributed by atoms with Gasteiger partial charge in [0.2, 0.25) is 5.89 Å². The number of hydrogen-bond acceptors (Lipinski definition) is 6. The summed E-state index contributed by atoms with van der Waals surface area (Å²) in [5, 5.41) is 2.82. The first-order chi connectivity index (χ1) is 16.6. The number of nitrogens with one attached hydrogen (secondary N) is 1. The lowest BCUT2D eigenvalue weighted by molar-refractivity contribution is 0.0945. The summed E-state index contributed by atoms with van der Waals surface area (Å²) in [5.41, 5.74) is 3.10. The number of carbonyl (C=O) groups is 1. The number of halogens is 1. The van der Waals surface area contributed by atoms with Gasteiger partial charge in [0.15, 0.2) is 5.69 Å². The van der Waals surface area contributed by atoms with E-state index in [0.29, 0.717) is 32.1 Å². The fourth-order valence-electron chi connectivity index (χ4n) is 3.50. The van der Waals surface area contributed by atoms with E-state index in [-0.39, 0.29) is 17.4 Å². The minimum atomic E-state index is -0.322. The number of rotatable bonds is 10. The number of hydrogen-bond donors (Lipinski definition) is 1. The normalized spacial score (nSPS) is 10.9. The van der Waals surface area contributed by atoms with Crippen LogP contribution >= 0.6 is 0 Å². The molecule has 0 unspecified atom stereocenters. The molecule has 0 aliphatic carbocycles. The number of methoxy groups -OCH3 is 1. The van der Waals surface area contributed by atoms with Crippen LogP contribution in [0.1, 0.15) is 33.1 Å². The van der Waals surface area contributed by atoms with Crippen LogP contribution in [0.15, 0.2) is 83.7 Å². The summed E-state index contributed by atoms with van der Waals surface area (Å²) in [7, 11) is 1.63. The highest BCUT2D eigenvalue weighted by molar-refractivity contribution is 5.91. The largest absolute Gasteiger partial charge is 0.497 e. The van der Waals surface area contributed by atoms with Crippen LogP contribution in [-0.2, 0) is 26.2 Å². The quantitative estimate of drug-likeness (QED) is 0.379. The van der Waals surface area contributed by atoms with E-state index in [4.69, 9.17) is 9.15 Å². The second-order valence-corrected chi connectivity index (χ2v) is 7.79. The molecule has 0 bridgehead atoms. The molecule has 2 aromatic heterocycles. The molecule has 4 aromatic rings. The molecule has 0 spiro atoms. The summed E-state index contributed by atoms with van der Waals surface area (Å²) in [5.74, 6) is 0.578. The summed E-state index contributed by atoms with van der Waals surface area (Å²) in [6, 6.07) is 17.9. The van der Waals surface area contributed by atoms with E-state index in [2.05, 4.69) is 20.2 Å². The van der Waals surface area contributed by atoms with E-state index in [0.717, 1.165) is 22.4 Å². The summed E-state index contributed by atoms with van der Waals surface area (Å²) in [4.78, 5) is 23.0. The van der Waals surface area contributed by atoms with Crippen molar-refractivity contribution in [2.45, 2.75) is 26.2 Å². The van der Waals surface area contributed by atoms with Crippen LogP contribution in [0.5, 0.6) is 5.75 Å². The molecule has 34 heavy (non-hydrogen) atoms. The van der Waals surface area contributed by atoms with Gasteiger partial charge < -0.3 is 14.5 Å². The Kier molecular flexibility index (Phi) is 7.62. The van der Waals surface area contributed by atoms with Crippen molar-refractivity contribution in [1.82, 2.24) is 20.2 Å². The van der Waals surface area contributed by atoms with Gasteiger partial charge in [-0.25, -0.2) is 9.37 Å². The van der Waals surface area contributed by atoms with Gasteiger partial charge in [0.05, 0.1) is 13.7 Å². The van der Waals surface area contributed by atoms with E-state index in [9.17, 15) is 9.18 Å². The number of oxazole rings is 1. The Labute approximate surface area is 197 Å². The van der Waals surface area contributed by atoms with Crippen LogP contribution in [0.3, 0.4) is 0 Å². The average molecular weight is 461 g/mol. The number of carbonyl (C=O) groups excluding carboxylic acids is 1. The van der Waals surface area contributed by atoms with E-state index in [1.165, 1.54) is 18.4 Å². The van der Waals surface area contributed by atoms with Crippen LogP contribution in [0.2, 0.25) is 0 Å². The third-order valence-corrected chi connectivity index (χ3v) is 5.18. The summed E-state index contributed by atoms with van der Waals surface area (Å²) in [6.07, 6.45) is 4.73. The number of nitrogens with zero attached hydrogens (tertiary/aromatic N) is 3. The molecule has 2 aromatic carbocycles. The SMILES string of the molecule is COc1cccc(CN(Cc2ccc(F)cc2)Cc2nc(C(=O)NCc3cccnc3)co2)c1. The molecule has 174 valence electrons. The molecule has 8 heteroatoms. The Bertz CT molecular complexity index is 1210. The Hall–Kier alpha value is -4.04. The predicted molar refractivity (Wildman–Crippen MR) is 124 cm³/mol. The molecule has 0 aliphatic rings. The van der Waals surface area contributed by atoms with Gasteiger partial charge in [-0.2, -0.15) is 0 Å². The molecule has 2 heterocycles.